The SMILES string of the molecule is OC(c1ccc[nH]1)c1ccc(Br)o1. The highest BCUT2D eigenvalue weighted by Gasteiger charge is 2.14. The number of aliphatic hydroxyl groups excluding tert-OH is 1. The molecule has 13 heavy (non-hydrogen) atoms. The van der Waals surface area contributed by atoms with Crippen molar-refractivity contribution in [1.29, 1.82) is 0 Å². The van der Waals surface area contributed by atoms with Gasteiger partial charge >= 0.3 is 0 Å². The smallest absolute Gasteiger partial charge is 0.169 e. The van der Waals surface area contributed by atoms with Crippen LogP contribution in [0.2, 0.25) is 0 Å². The van der Waals surface area contributed by atoms with Gasteiger partial charge in [0.05, 0.1) is 5.69 Å². The van der Waals surface area contributed by atoms with E-state index >= 15 is 0 Å². The fraction of sp³-hybridized carbons (Fsp3) is 0.111. The van der Waals surface area contributed by atoms with Gasteiger partial charge in [0.1, 0.15) is 5.76 Å². The Morgan fingerprint density at radius 1 is 1.38 bits per heavy atom. The first-order valence-electron chi connectivity index (χ1n) is 3.84. The minimum atomic E-state index is -0.721. The van der Waals surface area contributed by atoms with E-state index in [0.717, 1.165) is 5.69 Å². The normalized spacial score (nSPS) is 13.1. The fourth-order valence-electron chi connectivity index (χ4n) is 1.14. The lowest BCUT2D eigenvalue weighted by atomic mass is 10.2. The van der Waals surface area contributed by atoms with E-state index in [9.17, 15) is 5.11 Å². The first-order chi connectivity index (χ1) is 6.27. The Morgan fingerprint density at radius 3 is 2.77 bits per heavy atom. The molecule has 1 atom stereocenters. The van der Waals surface area contributed by atoms with Gasteiger partial charge in [0, 0.05) is 6.20 Å². The zero-order valence-corrected chi connectivity index (χ0v) is 8.28. The second-order valence-electron chi connectivity index (χ2n) is 2.67. The monoisotopic (exact) mass is 241 g/mol. The molecule has 2 aromatic rings. The molecule has 2 rings (SSSR count). The van der Waals surface area contributed by atoms with Crippen LogP contribution in [0.5, 0.6) is 0 Å². The number of nitrogens with one attached hydrogen (secondary N) is 1. The van der Waals surface area contributed by atoms with Gasteiger partial charge in [-0.05, 0) is 40.2 Å². The van der Waals surface area contributed by atoms with Crippen molar-refractivity contribution in [2.24, 2.45) is 0 Å². The van der Waals surface area contributed by atoms with E-state index in [1.807, 2.05) is 6.07 Å². The van der Waals surface area contributed by atoms with E-state index in [1.54, 1.807) is 24.4 Å². The van der Waals surface area contributed by atoms with E-state index in [0.29, 0.717) is 10.4 Å². The highest BCUT2D eigenvalue weighted by molar-refractivity contribution is 9.10. The third-order valence-electron chi connectivity index (χ3n) is 1.78. The van der Waals surface area contributed by atoms with Crippen molar-refractivity contribution in [3.63, 3.8) is 0 Å². The minimum Gasteiger partial charge on any atom is -0.451 e. The average Bonchev–Trinajstić information content (AvgIpc) is 2.72. The molecule has 68 valence electrons. The van der Waals surface area contributed by atoms with Gasteiger partial charge in [-0.25, -0.2) is 0 Å². The third-order valence-corrected chi connectivity index (χ3v) is 2.21. The molecule has 0 fully saturated rings. The number of hydrogen-bond donors (Lipinski definition) is 2. The molecule has 0 spiro atoms. The average molecular weight is 242 g/mol. The number of aliphatic hydroxyl groups is 1. The van der Waals surface area contributed by atoms with Crippen molar-refractivity contribution in [2.75, 3.05) is 0 Å². The Bertz CT molecular complexity index is 380. The summed E-state index contributed by atoms with van der Waals surface area (Å²) in [4.78, 5) is 2.92. The standard InChI is InChI=1S/C9H8BrNO2/c10-8-4-3-7(13-8)9(12)6-2-1-5-11-6/h1-5,9,11-12H. The molecule has 0 saturated heterocycles. The van der Waals surface area contributed by atoms with Gasteiger partial charge in [-0.15, -0.1) is 0 Å². The van der Waals surface area contributed by atoms with Gasteiger partial charge in [0.25, 0.3) is 0 Å². The maximum absolute atomic E-state index is 9.75. The summed E-state index contributed by atoms with van der Waals surface area (Å²) in [6.07, 6.45) is 1.04. The van der Waals surface area contributed by atoms with E-state index in [2.05, 4.69) is 20.9 Å². The van der Waals surface area contributed by atoms with Crippen molar-refractivity contribution < 1.29 is 9.52 Å². The zero-order valence-electron chi connectivity index (χ0n) is 6.70. The number of aromatic nitrogens is 1. The van der Waals surface area contributed by atoms with Crippen LogP contribution in [0, 0.1) is 0 Å². The second kappa shape index (κ2) is 3.40. The predicted octanol–water partition coefficient (Wildman–Crippen LogP) is 2.45. The number of aromatic amines is 1. The predicted molar refractivity (Wildman–Crippen MR) is 51.3 cm³/mol. The first-order valence-corrected chi connectivity index (χ1v) is 4.63. The van der Waals surface area contributed by atoms with Crippen molar-refractivity contribution in [2.45, 2.75) is 6.10 Å². The third kappa shape index (κ3) is 1.68. The Balaban J connectivity index is 2.28. The number of furan rings is 1. The molecule has 0 aliphatic heterocycles. The van der Waals surface area contributed by atoms with Crippen molar-refractivity contribution in [1.82, 2.24) is 4.98 Å². The van der Waals surface area contributed by atoms with Crippen LogP contribution in [-0.2, 0) is 0 Å². The molecule has 0 aromatic carbocycles. The molecule has 2 aromatic heterocycles. The summed E-state index contributed by atoms with van der Waals surface area (Å²) in [6.45, 7) is 0. The Hall–Kier alpha value is -1.000. The highest BCUT2D eigenvalue weighted by atomic mass is 79.9. The minimum absolute atomic E-state index is 0.523. The summed E-state index contributed by atoms with van der Waals surface area (Å²) in [5.41, 5.74) is 0.724. The maximum atomic E-state index is 9.75. The van der Waals surface area contributed by atoms with Crippen LogP contribution >= 0.6 is 15.9 Å². The summed E-state index contributed by atoms with van der Waals surface area (Å²) in [5, 5.41) is 9.75. The van der Waals surface area contributed by atoms with E-state index in [1.165, 1.54) is 0 Å². The molecule has 2 heterocycles. The summed E-state index contributed by atoms with van der Waals surface area (Å²) >= 11 is 3.18. The van der Waals surface area contributed by atoms with Gasteiger partial charge in [-0.3, -0.25) is 0 Å². The fourth-order valence-corrected chi connectivity index (χ4v) is 1.46. The summed E-state index contributed by atoms with van der Waals surface area (Å²) in [5.74, 6) is 0.523. The van der Waals surface area contributed by atoms with Crippen LogP contribution in [0.1, 0.15) is 17.6 Å². The summed E-state index contributed by atoms with van der Waals surface area (Å²) in [7, 11) is 0. The number of halogens is 1. The lowest BCUT2D eigenvalue weighted by Gasteiger charge is -2.03. The number of rotatable bonds is 2. The second-order valence-corrected chi connectivity index (χ2v) is 3.45. The Morgan fingerprint density at radius 2 is 2.23 bits per heavy atom. The Labute approximate surface area is 83.5 Å². The molecule has 1 unspecified atom stereocenters. The molecule has 2 N–H and O–H groups in total. The molecule has 0 amide bonds. The summed E-state index contributed by atoms with van der Waals surface area (Å²) < 4.78 is 5.83. The molecular formula is C9H8BrNO2. The first kappa shape index (κ1) is 8.59. The maximum Gasteiger partial charge on any atom is 0.169 e. The summed E-state index contributed by atoms with van der Waals surface area (Å²) in [6, 6.07) is 7.12. The molecule has 3 nitrogen and oxygen atoms in total. The van der Waals surface area contributed by atoms with Crippen molar-refractivity contribution in [3.05, 3.63) is 46.6 Å². The lowest BCUT2D eigenvalue weighted by molar-refractivity contribution is 0.184. The molecule has 4 heteroatoms. The van der Waals surface area contributed by atoms with Crippen LogP contribution in [0.15, 0.2) is 39.5 Å². The van der Waals surface area contributed by atoms with Gasteiger partial charge < -0.3 is 14.5 Å². The van der Waals surface area contributed by atoms with E-state index in [4.69, 9.17) is 4.42 Å². The quantitative estimate of drug-likeness (QED) is 0.849. The molecule has 0 aliphatic rings. The molecule has 0 bridgehead atoms. The van der Waals surface area contributed by atoms with Crippen LogP contribution in [0.3, 0.4) is 0 Å². The van der Waals surface area contributed by atoms with Crippen LogP contribution in [-0.4, -0.2) is 10.1 Å². The zero-order chi connectivity index (χ0) is 9.26. The molecular weight excluding hydrogens is 234 g/mol. The molecule has 0 aliphatic carbocycles. The number of H-pyrrole nitrogens is 1. The highest BCUT2D eigenvalue weighted by Crippen LogP contribution is 2.24. The Kier molecular flexibility index (Phi) is 2.24. The van der Waals surface area contributed by atoms with Crippen LogP contribution in [0.25, 0.3) is 0 Å². The van der Waals surface area contributed by atoms with E-state index < -0.39 is 6.10 Å². The van der Waals surface area contributed by atoms with Crippen molar-refractivity contribution in [3.8, 4) is 0 Å². The molecule has 0 radical (unpaired) electrons. The largest absolute Gasteiger partial charge is 0.451 e. The van der Waals surface area contributed by atoms with E-state index in [-0.39, 0.29) is 0 Å². The topological polar surface area (TPSA) is 49.2 Å². The van der Waals surface area contributed by atoms with Gasteiger partial charge in [-0.1, -0.05) is 0 Å². The van der Waals surface area contributed by atoms with Gasteiger partial charge in [0.15, 0.2) is 10.8 Å². The number of hydrogen-bond acceptors (Lipinski definition) is 2. The van der Waals surface area contributed by atoms with Gasteiger partial charge in [0.2, 0.25) is 0 Å². The molecule has 0 saturated carbocycles. The lowest BCUT2D eigenvalue weighted by Crippen LogP contribution is -1.97. The van der Waals surface area contributed by atoms with Crippen LogP contribution in [0.4, 0.5) is 0 Å². The van der Waals surface area contributed by atoms with Gasteiger partial charge in [-0.2, -0.15) is 0 Å². The van der Waals surface area contributed by atoms with Crippen molar-refractivity contribution >= 4 is 15.9 Å². The van der Waals surface area contributed by atoms with Crippen LogP contribution < -0.4 is 0 Å².